The third kappa shape index (κ3) is 2.56. The van der Waals surface area contributed by atoms with Crippen LogP contribution in [0.5, 0.6) is 0 Å². The largest absolute Gasteiger partial charge is 0.392 e. The van der Waals surface area contributed by atoms with Gasteiger partial charge in [-0.2, -0.15) is 14.4 Å². The van der Waals surface area contributed by atoms with Crippen LogP contribution in [0.15, 0.2) is 18.0 Å². The highest BCUT2D eigenvalue weighted by Gasteiger charge is 2.08. The molecule has 2 heterocycles. The first-order valence-electron chi connectivity index (χ1n) is 5.07. The van der Waals surface area contributed by atoms with Crippen LogP contribution in [0, 0.1) is 6.08 Å². The Hall–Kier alpha value is -2.02. The highest BCUT2D eigenvalue weighted by molar-refractivity contribution is 5.82. The molecule has 0 aliphatic heterocycles. The number of fused-ring (bicyclic) bond motifs is 1. The van der Waals surface area contributed by atoms with Gasteiger partial charge in [0.15, 0.2) is 11.5 Å². The Morgan fingerprint density at radius 2 is 2.41 bits per heavy atom. The van der Waals surface area contributed by atoms with Gasteiger partial charge < -0.3 is 15.4 Å². The predicted molar refractivity (Wildman–Crippen MR) is 61.0 cm³/mol. The van der Waals surface area contributed by atoms with Gasteiger partial charge in [0.25, 0.3) is 0 Å². The average molecular weight is 237 g/mol. The number of imidazole rings is 1. The zero-order valence-electron chi connectivity index (χ0n) is 9.24. The molecule has 0 saturated carbocycles. The summed E-state index contributed by atoms with van der Waals surface area (Å²) in [7, 11) is 0. The molecule has 0 fully saturated rings. The SMILES string of the molecule is C/C(=C\CNc1nc(F)nc2nc[nH]c12)CO. The molecule has 0 radical (unpaired) electrons. The summed E-state index contributed by atoms with van der Waals surface area (Å²) in [4.78, 5) is 13.9. The molecule has 6 nitrogen and oxygen atoms in total. The van der Waals surface area contributed by atoms with Crippen LogP contribution in [0.2, 0.25) is 0 Å². The zero-order valence-corrected chi connectivity index (χ0v) is 9.24. The second kappa shape index (κ2) is 4.88. The van der Waals surface area contributed by atoms with Crippen LogP contribution in [-0.4, -0.2) is 38.2 Å². The molecule has 2 aromatic heterocycles. The lowest BCUT2D eigenvalue weighted by molar-refractivity contribution is 0.331. The molecule has 0 atom stereocenters. The van der Waals surface area contributed by atoms with E-state index in [9.17, 15) is 4.39 Å². The van der Waals surface area contributed by atoms with Crippen molar-refractivity contribution in [2.24, 2.45) is 0 Å². The van der Waals surface area contributed by atoms with Crippen LogP contribution in [0.25, 0.3) is 11.2 Å². The third-order valence-corrected chi connectivity index (χ3v) is 2.23. The summed E-state index contributed by atoms with van der Waals surface area (Å²) in [5.41, 5.74) is 1.66. The van der Waals surface area contributed by atoms with E-state index in [2.05, 4.69) is 25.3 Å². The molecule has 0 aromatic carbocycles. The number of aromatic nitrogens is 4. The molecule has 0 unspecified atom stereocenters. The average Bonchev–Trinajstić information content (AvgIpc) is 2.76. The van der Waals surface area contributed by atoms with Gasteiger partial charge in [-0.15, -0.1) is 0 Å². The lowest BCUT2D eigenvalue weighted by Gasteiger charge is -2.03. The van der Waals surface area contributed by atoms with Crippen LogP contribution < -0.4 is 5.32 Å². The first-order valence-corrected chi connectivity index (χ1v) is 5.07. The molecule has 0 saturated heterocycles. The molecular formula is C10H12FN5O. The maximum Gasteiger partial charge on any atom is 0.312 e. The molecule has 90 valence electrons. The minimum atomic E-state index is -0.824. The van der Waals surface area contributed by atoms with Crippen molar-refractivity contribution in [2.75, 3.05) is 18.5 Å². The van der Waals surface area contributed by atoms with Crippen LogP contribution in [0.1, 0.15) is 6.92 Å². The van der Waals surface area contributed by atoms with Gasteiger partial charge in [0.2, 0.25) is 0 Å². The number of halogens is 1. The summed E-state index contributed by atoms with van der Waals surface area (Å²) >= 11 is 0. The van der Waals surface area contributed by atoms with E-state index in [1.165, 1.54) is 6.33 Å². The number of nitrogens with one attached hydrogen (secondary N) is 2. The number of H-pyrrole nitrogens is 1. The standard InChI is InChI=1S/C10H12FN5O/c1-6(4-17)2-3-12-8-7-9(14-5-13-7)16-10(11)15-8/h2,5,17H,3-4H2,1H3,(H2,12,13,14,15,16)/b6-2+. The summed E-state index contributed by atoms with van der Waals surface area (Å²) in [6.45, 7) is 2.24. The van der Waals surface area contributed by atoms with E-state index in [1.54, 1.807) is 13.0 Å². The molecule has 3 N–H and O–H groups in total. The zero-order chi connectivity index (χ0) is 12.3. The Kier molecular flexibility index (Phi) is 3.29. The molecule has 0 bridgehead atoms. The van der Waals surface area contributed by atoms with Gasteiger partial charge in [0, 0.05) is 6.54 Å². The second-order valence-electron chi connectivity index (χ2n) is 3.53. The van der Waals surface area contributed by atoms with E-state index in [4.69, 9.17) is 5.11 Å². The Bertz CT molecular complexity index is 551. The van der Waals surface area contributed by atoms with Crippen molar-refractivity contribution in [1.29, 1.82) is 0 Å². The minimum absolute atomic E-state index is 0.000711. The topological polar surface area (TPSA) is 86.7 Å². The van der Waals surface area contributed by atoms with Crippen molar-refractivity contribution in [3.8, 4) is 0 Å². The molecule has 2 aromatic rings. The normalized spacial score (nSPS) is 12.1. The summed E-state index contributed by atoms with van der Waals surface area (Å²) in [6.07, 6.45) is 2.40. The van der Waals surface area contributed by atoms with Crippen LogP contribution in [0.3, 0.4) is 0 Å². The van der Waals surface area contributed by atoms with Gasteiger partial charge in [0.05, 0.1) is 12.9 Å². The monoisotopic (exact) mass is 237 g/mol. The Labute approximate surface area is 96.6 Å². The molecular weight excluding hydrogens is 225 g/mol. The van der Waals surface area contributed by atoms with Crippen molar-refractivity contribution < 1.29 is 9.50 Å². The quantitative estimate of drug-likeness (QED) is 0.542. The molecule has 7 heteroatoms. The molecule has 0 spiro atoms. The highest BCUT2D eigenvalue weighted by atomic mass is 19.1. The fraction of sp³-hybridized carbons (Fsp3) is 0.300. The van der Waals surface area contributed by atoms with Gasteiger partial charge >= 0.3 is 6.08 Å². The minimum Gasteiger partial charge on any atom is -0.392 e. The Morgan fingerprint density at radius 3 is 3.18 bits per heavy atom. The van der Waals surface area contributed by atoms with Crippen LogP contribution >= 0.6 is 0 Å². The number of nitrogens with zero attached hydrogens (tertiary/aromatic N) is 3. The predicted octanol–water partition coefficient (Wildman–Crippen LogP) is 0.842. The summed E-state index contributed by atoms with van der Waals surface area (Å²) in [6, 6.07) is 0. The maximum absolute atomic E-state index is 13.1. The first kappa shape index (κ1) is 11.5. The third-order valence-electron chi connectivity index (χ3n) is 2.23. The van der Waals surface area contributed by atoms with E-state index >= 15 is 0 Å². The van der Waals surface area contributed by atoms with Crippen molar-refractivity contribution in [3.05, 3.63) is 24.1 Å². The molecule has 2 rings (SSSR count). The fourth-order valence-corrected chi connectivity index (χ4v) is 1.32. The fourth-order valence-electron chi connectivity index (χ4n) is 1.32. The number of anilines is 1. The van der Waals surface area contributed by atoms with E-state index in [-0.39, 0.29) is 12.3 Å². The van der Waals surface area contributed by atoms with Gasteiger partial charge in [-0.25, -0.2) is 4.98 Å². The summed E-state index contributed by atoms with van der Waals surface area (Å²) in [5, 5.41) is 11.7. The summed E-state index contributed by atoms with van der Waals surface area (Å²) < 4.78 is 13.1. The van der Waals surface area contributed by atoms with E-state index in [0.29, 0.717) is 17.9 Å². The molecule has 17 heavy (non-hydrogen) atoms. The van der Waals surface area contributed by atoms with Gasteiger partial charge in [-0.05, 0) is 6.92 Å². The van der Waals surface area contributed by atoms with Crippen molar-refractivity contribution in [2.45, 2.75) is 6.92 Å². The molecule has 0 amide bonds. The molecule has 0 aliphatic rings. The lowest BCUT2D eigenvalue weighted by atomic mass is 10.3. The number of rotatable bonds is 4. The van der Waals surface area contributed by atoms with Crippen molar-refractivity contribution in [3.63, 3.8) is 0 Å². The number of hydrogen-bond donors (Lipinski definition) is 3. The van der Waals surface area contributed by atoms with Crippen molar-refractivity contribution >= 4 is 17.0 Å². The van der Waals surface area contributed by atoms with Crippen molar-refractivity contribution in [1.82, 2.24) is 19.9 Å². The number of hydrogen-bond acceptors (Lipinski definition) is 5. The highest BCUT2D eigenvalue weighted by Crippen LogP contribution is 2.15. The lowest BCUT2D eigenvalue weighted by Crippen LogP contribution is -2.05. The number of aliphatic hydroxyl groups excluding tert-OH is 1. The number of aromatic amines is 1. The van der Waals surface area contributed by atoms with Gasteiger partial charge in [-0.3, -0.25) is 0 Å². The second-order valence-corrected chi connectivity index (χ2v) is 3.53. The van der Waals surface area contributed by atoms with Crippen LogP contribution in [-0.2, 0) is 0 Å². The van der Waals surface area contributed by atoms with Crippen LogP contribution in [0.4, 0.5) is 10.2 Å². The Morgan fingerprint density at radius 1 is 1.59 bits per heavy atom. The van der Waals surface area contributed by atoms with Gasteiger partial charge in [-0.1, -0.05) is 11.6 Å². The maximum atomic E-state index is 13.1. The molecule has 0 aliphatic carbocycles. The number of aliphatic hydroxyl groups is 1. The Balaban J connectivity index is 2.20. The van der Waals surface area contributed by atoms with E-state index < -0.39 is 6.08 Å². The van der Waals surface area contributed by atoms with E-state index in [0.717, 1.165) is 5.57 Å². The first-order chi connectivity index (χ1) is 8.20. The summed E-state index contributed by atoms with van der Waals surface area (Å²) in [5.74, 6) is 0.354. The van der Waals surface area contributed by atoms with Gasteiger partial charge in [0.1, 0.15) is 5.52 Å². The smallest absolute Gasteiger partial charge is 0.312 e. The van der Waals surface area contributed by atoms with E-state index in [1.807, 2.05) is 0 Å².